The maximum absolute atomic E-state index is 10.4. The second-order valence-electron chi connectivity index (χ2n) is 3.59. The van der Waals surface area contributed by atoms with Gasteiger partial charge in [0.25, 0.3) is 0 Å². The van der Waals surface area contributed by atoms with Gasteiger partial charge in [0.2, 0.25) is 0 Å². The highest BCUT2D eigenvalue weighted by Crippen LogP contribution is 2.15. The van der Waals surface area contributed by atoms with E-state index in [2.05, 4.69) is 5.48 Å². The van der Waals surface area contributed by atoms with Crippen LogP contribution in [0.5, 0.6) is 0 Å². The van der Waals surface area contributed by atoms with Crippen LogP contribution in [0.25, 0.3) is 0 Å². The van der Waals surface area contributed by atoms with Crippen LogP contribution < -0.4 is 5.48 Å². The van der Waals surface area contributed by atoms with Gasteiger partial charge in [-0.1, -0.05) is 30.3 Å². The fourth-order valence-electron chi connectivity index (χ4n) is 1.39. The van der Waals surface area contributed by atoms with E-state index < -0.39 is 4.92 Å². The Bertz CT molecular complexity index is 510. The molecule has 0 atom stereocenters. The minimum absolute atomic E-state index is 0.269. The molecule has 0 aliphatic rings. The van der Waals surface area contributed by atoms with Crippen LogP contribution >= 0.6 is 0 Å². The molecule has 0 amide bonds. The van der Waals surface area contributed by atoms with Crippen molar-refractivity contribution in [3.05, 3.63) is 63.9 Å². The third-order valence-electron chi connectivity index (χ3n) is 2.26. The first-order valence-electron chi connectivity index (χ1n) is 5.37. The van der Waals surface area contributed by atoms with Gasteiger partial charge in [-0.15, -0.1) is 0 Å². The summed E-state index contributed by atoms with van der Waals surface area (Å²) in [4.78, 5) is 15.0. The Morgan fingerprint density at radius 3 is 2.67 bits per heavy atom. The number of rotatable bonds is 6. The average Bonchev–Trinajstić information content (AvgIpc) is 2.85. The molecule has 6 nitrogen and oxygen atoms in total. The Labute approximate surface area is 103 Å². The average molecular weight is 248 g/mol. The summed E-state index contributed by atoms with van der Waals surface area (Å²) in [7, 11) is 0. The SMILES string of the molecule is O=[N+]([O-])c1ccc(CNOCc2ccccc2)o1. The van der Waals surface area contributed by atoms with Gasteiger partial charge in [-0.3, -0.25) is 15.0 Å². The maximum Gasteiger partial charge on any atom is 0.433 e. The van der Waals surface area contributed by atoms with Crippen molar-refractivity contribution >= 4 is 5.88 Å². The summed E-state index contributed by atoms with van der Waals surface area (Å²) < 4.78 is 4.96. The lowest BCUT2D eigenvalue weighted by Crippen LogP contribution is -2.13. The zero-order chi connectivity index (χ0) is 12.8. The van der Waals surface area contributed by atoms with E-state index in [4.69, 9.17) is 9.25 Å². The van der Waals surface area contributed by atoms with Gasteiger partial charge in [0.05, 0.1) is 19.2 Å². The van der Waals surface area contributed by atoms with Gasteiger partial charge < -0.3 is 4.42 Å². The zero-order valence-corrected chi connectivity index (χ0v) is 9.54. The molecule has 0 spiro atoms. The van der Waals surface area contributed by atoms with Crippen LogP contribution in [0.2, 0.25) is 0 Å². The predicted molar refractivity (Wildman–Crippen MR) is 63.4 cm³/mol. The van der Waals surface area contributed by atoms with Crippen LogP contribution in [0.1, 0.15) is 11.3 Å². The predicted octanol–water partition coefficient (Wildman–Crippen LogP) is 2.41. The summed E-state index contributed by atoms with van der Waals surface area (Å²) in [6, 6.07) is 12.5. The Kier molecular flexibility index (Phi) is 4.06. The zero-order valence-electron chi connectivity index (χ0n) is 9.54. The maximum atomic E-state index is 10.4. The minimum Gasteiger partial charge on any atom is -0.404 e. The molecule has 1 N–H and O–H groups in total. The van der Waals surface area contributed by atoms with Crippen LogP contribution in [-0.4, -0.2) is 4.92 Å². The van der Waals surface area contributed by atoms with Crippen molar-refractivity contribution in [3.63, 3.8) is 0 Å². The molecule has 0 fully saturated rings. The van der Waals surface area contributed by atoms with Gasteiger partial charge in [0.1, 0.15) is 10.7 Å². The smallest absolute Gasteiger partial charge is 0.404 e. The number of furan rings is 1. The molecule has 1 heterocycles. The Hall–Kier alpha value is -2.18. The van der Waals surface area contributed by atoms with E-state index in [9.17, 15) is 10.1 Å². The van der Waals surface area contributed by atoms with Gasteiger partial charge >= 0.3 is 5.88 Å². The molecule has 2 aromatic rings. The van der Waals surface area contributed by atoms with Crippen LogP contribution in [0.4, 0.5) is 5.88 Å². The van der Waals surface area contributed by atoms with Crippen molar-refractivity contribution in [2.45, 2.75) is 13.2 Å². The van der Waals surface area contributed by atoms with E-state index in [0.717, 1.165) is 5.56 Å². The quantitative estimate of drug-likeness (QED) is 0.482. The number of nitro groups is 1. The summed E-state index contributed by atoms with van der Waals surface area (Å²) in [6.07, 6.45) is 0. The molecular formula is C12H12N2O4. The first-order chi connectivity index (χ1) is 8.75. The van der Waals surface area contributed by atoms with Gasteiger partial charge in [-0.2, -0.15) is 5.48 Å². The molecule has 0 bridgehead atoms. The van der Waals surface area contributed by atoms with E-state index in [-0.39, 0.29) is 12.4 Å². The molecule has 1 aromatic carbocycles. The number of hydrogen-bond donors (Lipinski definition) is 1. The summed E-state index contributed by atoms with van der Waals surface area (Å²) in [6.45, 7) is 0.699. The van der Waals surface area contributed by atoms with Gasteiger partial charge in [0, 0.05) is 0 Å². The molecule has 0 saturated heterocycles. The molecule has 0 saturated carbocycles. The van der Waals surface area contributed by atoms with E-state index in [1.54, 1.807) is 0 Å². The van der Waals surface area contributed by atoms with E-state index in [1.165, 1.54) is 12.1 Å². The highest BCUT2D eigenvalue weighted by molar-refractivity contribution is 5.17. The molecule has 0 aliphatic carbocycles. The fraction of sp³-hybridized carbons (Fsp3) is 0.167. The molecule has 18 heavy (non-hydrogen) atoms. The Morgan fingerprint density at radius 2 is 2.00 bits per heavy atom. The van der Waals surface area contributed by atoms with Crippen LogP contribution in [-0.2, 0) is 18.0 Å². The monoisotopic (exact) mass is 248 g/mol. The molecule has 2 rings (SSSR count). The highest BCUT2D eigenvalue weighted by Gasteiger charge is 2.11. The second-order valence-corrected chi connectivity index (χ2v) is 3.59. The van der Waals surface area contributed by atoms with Crippen molar-refractivity contribution in [1.29, 1.82) is 0 Å². The summed E-state index contributed by atoms with van der Waals surface area (Å²) in [5.41, 5.74) is 3.72. The van der Waals surface area contributed by atoms with Gasteiger partial charge in [-0.05, 0) is 11.6 Å². The number of benzene rings is 1. The Balaban J connectivity index is 1.73. The number of nitrogens with zero attached hydrogens (tertiary/aromatic N) is 1. The minimum atomic E-state index is -0.575. The van der Waals surface area contributed by atoms with E-state index >= 15 is 0 Å². The summed E-state index contributed by atoms with van der Waals surface area (Å²) in [5.74, 6) is 0.185. The lowest BCUT2D eigenvalue weighted by molar-refractivity contribution is -0.402. The molecule has 94 valence electrons. The first kappa shape index (κ1) is 12.3. The molecule has 0 unspecified atom stereocenters. The lowest BCUT2D eigenvalue weighted by atomic mass is 10.2. The normalized spacial score (nSPS) is 10.4. The molecule has 6 heteroatoms. The van der Waals surface area contributed by atoms with Gasteiger partial charge in [-0.25, -0.2) is 0 Å². The van der Waals surface area contributed by atoms with Crippen LogP contribution in [0, 0.1) is 10.1 Å². The van der Waals surface area contributed by atoms with Crippen molar-refractivity contribution in [1.82, 2.24) is 5.48 Å². The molecular weight excluding hydrogens is 236 g/mol. The van der Waals surface area contributed by atoms with Crippen molar-refractivity contribution in [3.8, 4) is 0 Å². The third-order valence-corrected chi connectivity index (χ3v) is 2.26. The standard InChI is InChI=1S/C12H12N2O4/c15-14(16)12-7-6-11(18-12)8-13-17-9-10-4-2-1-3-5-10/h1-7,13H,8-9H2. The number of nitrogens with one attached hydrogen (secondary N) is 1. The van der Waals surface area contributed by atoms with Gasteiger partial charge in [0.15, 0.2) is 0 Å². The highest BCUT2D eigenvalue weighted by atomic mass is 16.7. The van der Waals surface area contributed by atoms with E-state index in [0.29, 0.717) is 12.4 Å². The Morgan fingerprint density at radius 1 is 1.22 bits per heavy atom. The second kappa shape index (κ2) is 5.95. The number of hydrogen-bond acceptors (Lipinski definition) is 5. The molecule has 0 aliphatic heterocycles. The van der Waals surface area contributed by atoms with Crippen molar-refractivity contribution in [2.24, 2.45) is 0 Å². The lowest BCUT2D eigenvalue weighted by Gasteiger charge is -2.03. The summed E-state index contributed by atoms with van der Waals surface area (Å²) >= 11 is 0. The van der Waals surface area contributed by atoms with E-state index in [1.807, 2.05) is 30.3 Å². The third kappa shape index (κ3) is 3.41. The van der Waals surface area contributed by atoms with Crippen molar-refractivity contribution in [2.75, 3.05) is 0 Å². The summed E-state index contributed by atoms with van der Waals surface area (Å²) in [5, 5.41) is 10.4. The topological polar surface area (TPSA) is 77.5 Å². The van der Waals surface area contributed by atoms with Crippen LogP contribution in [0.15, 0.2) is 46.9 Å². The number of hydroxylamine groups is 1. The molecule has 0 radical (unpaired) electrons. The van der Waals surface area contributed by atoms with Crippen LogP contribution in [0.3, 0.4) is 0 Å². The first-order valence-corrected chi connectivity index (χ1v) is 5.37. The fourth-order valence-corrected chi connectivity index (χ4v) is 1.39. The molecule has 1 aromatic heterocycles. The van der Waals surface area contributed by atoms with Crippen molar-refractivity contribution < 1.29 is 14.2 Å². The largest absolute Gasteiger partial charge is 0.433 e.